The maximum atomic E-state index is 11.2. The molecule has 104 valence electrons. The van der Waals surface area contributed by atoms with E-state index < -0.39 is 5.97 Å². The summed E-state index contributed by atoms with van der Waals surface area (Å²) < 4.78 is 5.36. The lowest BCUT2D eigenvalue weighted by Gasteiger charge is -2.11. The molecule has 5 heteroatoms. The number of aromatic carboxylic acids is 1. The quantitative estimate of drug-likeness (QED) is 0.874. The van der Waals surface area contributed by atoms with Crippen LogP contribution in [0.3, 0.4) is 0 Å². The van der Waals surface area contributed by atoms with Crippen molar-refractivity contribution in [3.05, 3.63) is 47.8 Å². The number of pyridine rings is 1. The molecule has 1 aromatic heterocycles. The molecule has 2 rings (SSSR count). The van der Waals surface area contributed by atoms with Crippen molar-refractivity contribution in [1.29, 1.82) is 0 Å². The van der Waals surface area contributed by atoms with E-state index in [2.05, 4.69) is 10.3 Å². The van der Waals surface area contributed by atoms with Crippen LogP contribution in [0.15, 0.2) is 36.5 Å². The van der Waals surface area contributed by atoms with Crippen LogP contribution in [0.4, 0.5) is 11.4 Å². The lowest BCUT2D eigenvalue weighted by molar-refractivity contribution is 0.0697. The number of hydrogen-bond donors (Lipinski definition) is 2. The summed E-state index contributed by atoms with van der Waals surface area (Å²) in [4.78, 5) is 15.2. The van der Waals surface area contributed by atoms with Crippen molar-refractivity contribution >= 4 is 17.3 Å². The highest BCUT2D eigenvalue weighted by Crippen LogP contribution is 2.23. The topological polar surface area (TPSA) is 71.5 Å². The first-order valence-corrected chi connectivity index (χ1v) is 6.30. The van der Waals surface area contributed by atoms with E-state index in [1.165, 1.54) is 6.20 Å². The van der Waals surface area contributed by atoms with Gasteiger partial charge in [0.15, 0.2) is 0 Å². The highest BCUT2D eigenvalue weighted by Gasteiger charge is 2.11. The fourth-order valence-corrected chi connectivity index (χ4v) is 1.79. The van der Waals surface area contributed by atoms with Crippen molar-refractivity contribution in [2.45, 2.75) is 13.8 Å². The van der Waals surface area contributed by atoms with Gasteiger partial charge in [-0.05, 0) is 44.2 Å². The minimum Gasteiger partial charge on any atom is -0.494 e. The van der Waals surface area contributed by atoms with Gasteiger partial charge in [0, 0.05) is 17.6 Å². The molecule has 0 aliphatic heterocycles. The molecule has 1 aromatic carbocycles. The number of carbonyl (C=O) groups is 1. The first-order chi connectivity index (χ1) is 9.60. The van der Waals surface area contributed by atoms with Crippen LogP contribution in [0.1, 0.15) is 23.0 Å². The first-order valence-electron chi connectivity index (χ1n) is 6.30. The summed E-state index contributed by atoms with van der Waals surface area (Å²) in [6, 6.07) is 9.05. The number of carboxylic acids is 1. The smallest absolute Gasteiger partial charge is 0.339 e. The number of anilines is 2. The van der Waals surface area contributed by atoms with Gasteiger partial charge in [-0.15, -0.1) is 0 Å². The van der Waals surface area contributed by atoms with E-state index in [1.54, 1.807) is 6.07 Å². The Hall–Kier alpha value is -2.56. The molecule has 20 heavy (non-hydrogen) atoms. The van der Waals surface area contributed by atoms with E-state index in [0.29, 0.717) is 12.3 Å². The third-order valence-electron chi connectivity index (χ3n) is 2.72. The van der Waals surface area contributed by atoms with Gasteiger partial charge in [-0.25, -0.2) is 4.79 Å². The molecule has 0 fully saturated rings. The molecule has 0 atom stereocenters. The molecule has 0 aliphatic carbocycles. The number of ether oxygens (including phenoxy) is 1. The van der Waals surface area contributed by atoms with Crippen molar-refractivity contribution in [2.24, 2.45) is 0 Å². The predicted molar refractivity (Wildman–Crippen MR) is 76.8 cm³/mol. The van der Waals surface area contributed by atoms with E-state index in [9.17, 15) is 4.79 Å². The van der Waals surface area contributed by atoms with Crippen molar-refractivity contribution in [1.82, 2.24) is 4.98 Å². The number of benzene rings is 1. The normalized spacial score (nSPS) is 10.1. The molecule has 2 N–H and O–H groups in total. The van der Waals surface area contributed by atoms with Crippen LogP contribution in [0.25, 0.3) is 0 Å². The molecule has 5 nitrogen and oxygen atoms in total. The fraction of sp³-hybridized carbons (Fsp3) is 0.200. The Morgan fingerprint density at radius 1 is 1.35 bits per heavy atom. The Balaban J connectivity index is 2.25. The Kier molecular flexibility index (Phi) is 4.20. The largest absolute Gasteiger partial charge is 0.494 e. The molecular formula is C15H16N2O3. The molecular weight excluding hydrogens is 256 g/mol. The average molecular weight is 272 g/mol. The lowest BCUT2D eigenvalue weighted by Crippen LogP contribution is -2.04. The summed E-state index contributed by atoms with van der Waals surface area (Å²) in [6.07, 6.45) is 1.36. The van der Waals surface area contributed by atoms with Crippen molar-refractivity contribution in [2.75, 3.05) is 11.9 Å². The lowest BCUT2D eigenvalue weighted by atomic mass is 10.2. The highest BCUT2D eigenvalue weighted by molar-refractivity contribution is 5.94. The van der Waals surface area contributed by atoms with Crippen LogP contribution < -0.4 is 10.1 Å². The van der Waals surface area contributed by atoms with Gasteiger partial charge in [0.2, 0.25) is 0 Å². The zero-order valence-electron chi connectivity index (χ0n) is 11.4. The standard InChI is InChI=1S/C15H16N2O3/c1-3-20-12-6-4-11(5-7-12)17-14-8-10(2)16-9-13(14)15(18)19/h4-9H,3H2,1-2H3,(H,16,17)(H,18,19). The number of aryl methyl sites for hydroxylation is 1. The minimum absolute atomic E-state index is 0.143. The third-order valence-corrected chi connectivity index (χ3v) is 2.72. The molecule has 0 amide bonds. The maximum absolute atomic E-state index is 11.2. The number of nitrogens with zero attached hydrogens (tertiary/aromatic N) is 1. The number of rotatable bonds is 5. The maximum Gasteiger partial charge on any atom is 0.339 e. The molecule has 0 saturated heterocycles. The zero-order chi connectivity index (χ0) is 14.5. The molecule has 1 heterocycles. The van der Waals surface area contributed by atoms with Gasteiger partial charge in [0.25, 0.3) is 0 Å². The van der Waals surface area contributed by atoms with Gasteiger partial charge in [0.05, 0.1) is 12.3 Å². The summed E-state index contributed by atoms with van der Waals surface area (Å²) in [6.45, 7) is 4.35. The monoisotopic (exact) mass is 272 g/mol. The van der Waals surface area contributed by atoms with Crippen LogP contribution in [-0.4, -0.2) is 22.7 Å². The second-order valence-electron chi connectivity index (χ2n) is 4.26. The van der Waals surface area contributed by atoms with E-state index in [4.69, 9.17) is 9.84 Å². The summed E-state index contributed by atoms with van der Waals surface area (Å²) in [7, 11) is 0. The number of carboxylic acid groups (broad SMARTS) is 1. The van der Waals surface area contributed by atoms with Crippen molar-refractivity contribution in [3.8, 4) is 5.75 Å². The summed E-state index contributed by atoms with van der Waals surface area (Å²) in [5, 5.41) is 12.2. The molecule has 2 aromatic rings. The van der Waals surface area contributed by atoms with Gasteiger partial charge in [-0.1, -0.05) is 0 Å². The molecule has 0 aliphatic rings. The zero-order valence-corrected chi connectivity index (χ0v) is 11.4. The van der Waals surface area contributed by atoms with Crippen molar-refractivity contribution < 1.29 is 14.6 Å². The second-order valence-corrected chi connectivity index (χ2v) is 4.26. The van der Waals surface area contributed by atoms with Crippen LogP contribution >= 0.6 is 0 Å². The predicted octanol–water partition coefficient (Wildman–Crippen LogP) is 3.23. The van der Waals surface area contributed by atoms with Crippen LogP contribution in [-0.2, 0) is 0 Å². The van der Waals surface area contributed by atoms with E-state index in [0.717, 1.165) is 17.1 Å². The van der Waals surface area contributed by atoms with Gasteiger partial charge in [-0.3, -0.25) is 4.98 Å². The van der Waals surface area contributed by atoms with Gasteiger partial charge in [-0.2, -0.15) is 0 Å². The third kappa shape index (κ3) is 3.26. The first kappa shape index (κ1) is 13.9. The van der Waals surface area contributed by atoms with E-state index >= 15 is 0 Å². The van der Waals surface area contributed by atoms with Gasteiger partial charge >= 0.3 is 5.97 Å². The second kappa shape index (κ2) is 6.06. The number of aromatic nitrogens is 1. The summed E-state index contributed by atoms with van der Waals surface area (Å²) >= 11 is 0. The van der Waals surface area contributed by atoms with Gasteiger partial charge < -0.3 is 15.2 Å². The Labute approximate surface area is 117 Å². The van der Waals surface area contributed by atoms with E-state index in [1.807, 2.05) is 38.1 Å². The van der Waals surface area contributed by atoms with Gasteiger partial charge in [0.1, 0.15) is 11.3 Å². The fourth-order valence-electron chi connectivity index (χ4n) is 1.79. The molecule has 0 unspecified atom stereocenters. The average Bonchev–Trinajstić information content (AvgIpc) is 2.41. The molecule has 0 radical (unpaired) electrons. The number of nitrogens with one attached hydrogen (secondary N) is 1. The van der Waals surface area contributed by atoms with Crippen LogP contribution in [0, 0.1) is 6.92 Å². The van der Waals surface area contributed by atoms with E-state index in [-0.39, 0.29) is 5.56 Å². The van der Waals surface area contributed by atoms with Crippen LogP contribution in [0.5, 0.6) is 5.75 Å². The Morgan fingerprint density at radius 3 is 2.65 bits per heavy atom. The summed E-state index contributed by atoms with van der Waals surface area (Å²) in [5.74, 6) is -0.228. The molecule has 0 spiro atoms. The Bertz CT molecular complexity index is 609. The SMILES string of the molecule is CCOc1ccc(Nc2cc(C)ncc2C(=O)O)cc1. The van der Waals surface area contributed by atoms with Crippen molar-refractivity contribution in [3.63, 3.8) is 0 Å². The molecule has 0 saturated carbocycles. The summed E-state index contributed by atoms with van der Waals surface area (Å²) in [5.41, 5.74) is 2.21. The highest BCUT2D eigenvalue weighted by atomic mass is 16.5. The number of hydrogen-bond acceptors (Lipinski definition) is 4. The minimum atomic E-state index is -1.01. The Morgan fingerprint density at radius 2 is 2.05 bits per heavy atom. The van der Waals surface area contributed by atoms with Crippen LogP contribution in [0.2, 0.25) is 0 Å². The molecule has 0 bridgehead atoms.